The second kappa shape index (κ2) is 7.13. The van der Waals surface area contributed by atoms with Gasteiger partial charge in [0, 0.05) is 28.8 Å². The fourth-order valence-electron chi connectivity index (χ4n) is 2.53. The summed E-state index contributed by atoms with van der Waals surface area (Å²) in [4.78, 5) is 27.1. The number of carbonyl (C=O) groups excluding carboxylic acids is 1. The van der Waals surface area contributed by atoms with Gasteiger partial charge in [-0.15, -0.1) is 0 Å². The average molecular weight is 336 g/mol. The molecule has 0 radical (unpaired) electrons. The molecule has 126 valence electrons. The van der Waals surface area contributed by atoms with Crippen LogP contribution in [-0.2, 0) is 11.3 Å². The van der Waals surface area contributed by atoms with Gasteiger partial charge in [-0.05, 0) is 36.6 Å². The highest BCUT2D eigenvalue weighted by Crippen LogP contribution is 2.12. The van der Waals surface area contributed by atoms with E-state index in [1.807, 2.05) is 24.3 Å². The SMILES string of the molecule is C/C(=C\c1ccccc1F)C(=O)NCc1cc2ccccc2[nH]c1=O. The second-order valence-electron chi connectivity index (χ2n) is 5.74. The summed E-state index contributed by atoms with van der Waals surface area (Å²) in [6.45, 7) is 1.70. The number of fused-ring (bicyclic) bond motifs is 1. The highest BCUT2D eigenvalue weighted by atomic mass is 19.1. The standard InChI is InChI=1S/C20H17FN2O2/c1-13(10-14-6-2-4-8-17(14)21)19(24)22-12-16-11-15-7-3-5-9-18(15)23-20(16)25/h2-11H,12H2,1H3,(H,22,24)(H,23,25)/b13-10+. The normalized spacial score (nSPS) is 11.5. The summed E-state index contributed by atoms with van der Waals surface area (Å²) >= 11 is 0. The molecular weight excluding hydrogens is 319 g/mol. The number of amides is 1. The minimum absolute atomic E-state index is 0.0987. The summed E-state index contributed by atoms with van der Waals surface area (Å²) in [7, 11) is 0. The number of carbonyl (C=O) groups is 1. The zero-order valence-electron chi connectivity index (χ0n) is 13.7. The first kappa shape index (κ1) is 16.6. The Morgan fingerprint density at radius 1 is 1.16 bits per heavy atom. The maximum Gasteiger partial charge on any atom is 0.253 e. The van der Waals surface area contributed by atoms with Crippen molar-refractivity contribution >= 4 is 22.9 Å². The monoisotopic (exact) mass is 336 g/mol. The van der Waals surface area contributed by atoms with Gasteiger partial charge in [0.1, 0.15) is 5.82 Å². The zero-order chi connectivity index (χ0) is 17.8. The Balaban J connectivity index is 1.75. The van der Waals surface area contributed by atoms with Crippen molar-refractivity contribution in [2.45, 2.75) is 13.5 Å². The Hall–Kier alpha value is -3.21. The quantitative estimate of drug-likeness (QED) is 0.718. The average Bonchev–Trinajstić information content (AvgIpc) is 2.61. The second-order valence-corrected chi connectivity index (χ2v) is 5.74. The van der Waals surface area contributed by atoms with E-state index < -0.39 is 0 Å². The highest BCUT2D eigenvalue weighted by Gasteiger charge is 2.08. The number of rotatable bonds is 4. The van der Waals surface area contributed by atoms with Gasteiger partial charge in [-0.25, -0.2) is 4.39 Å². The lowest BCUT2D eigenvalue weighted by Crippen LogP contribution is -2.27. The summed E-state index contributed by atoms with van der Waals surface area (Å²) in [6.07, 6.45) is 1.48. The number of halogens is 1. The van der Waals surface area contributed by atoms with E-state index in [1.165, 1.54) is 12.1 Å². The minimum Gasteiger partial charge on any atom is -0.348 e. The smallest absolute Gasteiger partial charge is 0.253 e. The van der Waals surface area contributed by atoms with Crippen LogP contribution in [-0.4, -0.2) is 10.9 Å². The van der Waals surface area contributed by atoms with Crippen molar-refractivity contribution < 1.29 is 9.18 Å². The van der Waals surface area contributed by atoms with Gasteiger partial charge in [0.15, 0.2) is 0 Å². The van der Waals surface area contributed by atoms with E-state index in [4.69, 9.17) is 0 Å². The van der Waals surface area contributed by atoms with Gasteiger partial charge in [-0.2, -0.15) is 0 Å². The Bertz CT molecular complexity index is 1020. The van der Waals surface area contributed by atoms with Crippen molar-refractivity contribution in [2.24, 2.45) is 0 Å². The zero-order valence-corrected chi connectivity index (χ0v) is 13.7. The molecule has 25 heavy (non-hydrogen) atoms. The molecule has 0 unspecified atom stereocenters. The van der Waals surface area contributed by atoms with Gasteiger partial charge in [-0.1, -0.05) is 36.4 Å². The third kappa shape index (κ3) is 3.83. The molecule has 0 saturated heterocycles. The Morgan fingerprint density at radius 3 is 2.68 bits per heavy atom. The fraction of sp³-hybridized carbons (Fsp3) is 0.100. The predicted octanol–water partition coefficient (Wildman–Crippen LogP) is 3.39. The molecule has 0 aliphatic rings. The summed E-state index contributed by atoms with van der Waals surface area (Å²) < 4.78 is 13.6. The summed E-state index contributed by atoms with van der Waals surface area (Å²) in [5.74, 6) is -0.739. The first-order valence-electron chi connectivity index (χ1n) is 7.86. The number of hydrogen-bond acceptors (Lipinski definition) is 2. The number of nitrogens with one attached hydrogen (secondary N) is 2. The van der Waals surface area contributed by atoms with Gasteiger partial charge in [-0.3, -0.25) is 9.59 Å². The van der Waals surface area contributed by atoms with E-state index in [0.29, 0.717) is 16.7 Å². The van der Waals surface area contributed by atoms with Gasteiger partial charge in [0.05, 0.1) is 0 Å². The van der Waals surface area contributed by atoms with Crippen LogP contribution < -0.4 is 10.9 Å². The van der Waals surface area contributed by atoms with Crippen LogP contribution in [0.15, 0.2) is 65.0 Å². The number of aromatic amines is 1. The van der Waals surface area contributed by atoms with Crippen LogP contribution in [0.5, 0.6) is 0 Å². The fourth-order valence-corrected chi connectivity index (χ4v) is 2.53. The molecule has 0 bridgehead atoms. The van der Waals surface area contributed by atoms with E-state index in [9.17, 15) is 14.0 Å². The van der Waals surface area contributed by atoms with E-state index in [0.717, 1.165) is 10.9 Å². The third-order valence-corrected chi connectivity index (χ3v) is 3.91. The number of H-pyrrole nitrogens is 1. The molecule has 0 spiro atoms. The molecule has 0 atom stereocenters. The number of pyridine rings is 1. The topological polar surface area (TPSA) is 62.0 Å². The van der Waals surface area contributed by atoms with Crippen molar-refractivity contribution in [1.82, 2.24) is 10.3 Å². The summed E-state index contributed by atoms with van der Waals surface area (Å²) in [5.41, 5.74) is 1.68. The lowest BCUT2D eigenvalue weighted by molar-refractivity contribution is -0.117. The lowest BCUT2D eigenvalue weighted by atomic mass is 10.1. The third-order valence-electron chi connectivity index (χ3n) is 3.91. The largest absolute Gasteiger partial charge is 0.348 e. The van der Waals surface area contributed by atoms with Crippen LogP contribution in [0, 0.1) is 5.82 Å². The molecule has 2 aromatic carbocycles. The molecule has 5 heteroatoms. The van der Waals surface area contributed by atoms with Gasteiger partial charge < -0.3 is 10.3 Å². The maximum atomic E-state index is 13.6. The van der Waals surface area contributed by atoms with Crippen molar-refractivity contribution in [2.75, 3.05) is 0 Å². The van der Waals surface area contributed by atoms with Crippen molar-refractivity contribution in [3.05, 3.63) is 87.5 Å². The molecule has 2 N–H and O–H groups in total. The first-order valence-corrected chi connectivity index (χ1v) is 7.86. The Kier molecular flexibility index (Phi) is 4.75. The van der Waals surface area contributed by atoms with Crippen molar-refractivity contribution in [3.8, 4) is 0 Å². The molecular formula is C20H17FN2O2. The lowest BCUT2D eigenvalue weighted by Gasteiger charge is -2.07. The van der Waals surface area contributed by atoms with E-state index in [1.54, 1.807) is 31.2 Å². The summed E-state index contributed by atoms with van der Waals surface area (Å²) in [5, 5.41) is 3.59. The van der Waals surface area contributed by atoms with Crippen LogP contribution in [0.3, 0.4) is 0 Å². The number of hydrogen-bond donors (Lipinski definition) is 2. The Morgan fingerprint density at radius 2 is 1.88 bits per heavy atom. The van der Waals surface area contributed by atoms with Gasteiger partial charge in [0.2, 0.25) is 5.91 Å². The molecule has 0 aliphatic carbocycles. The van der Waals surface area contributed by atoms with Gasteiger partial charge >= 0.3 is 0 Å². The van der Waals surface area contributed by atoms with Gasteiger partial charge in [0.25, 0.3) is 5.56 Å². The van der Waals surface area contributed by atoms with E-state index in [2.05, 4.69) is 10.3 Å². The molecule has 1 heterocycles. The molecule has 0 fully saturated rings. The molecule has 4 nitrogen and oxygen atoms in total. The molecule has 0 aliphatic heterocycles. The molecule has 0 saturated carbocycles. The van der Waals surface area contributed by atoms with Crippen LogP contribution in [0.2, 0.25) is 0 Å². The van der Waals surface area contributed by atoms with Crippen LogP contribution in [0.4, 0.5) is 4.39 Å². The maximum absolute atomic E-state index is 13.6. The summed E-state index contributed by atoms with van der Waals surface area (Å²) in [6, 6.07) is 15.4. The molecule has 1 aromatic heterocycles. The molecule has 3 aromatic rings. The number of benzene rings is 2. The Labute approximate surface area is 144 Å². The molecule has 3 rings (SSSR count). The number of aromatic nitrogens is 1. The molecule has 1 amide bonds. The van der Waals surface area contributed by atoms with Crippen molar-refractivity contribution in [1.29, 1.82) is 0 Å². The number of para-hydroxylation sites is 1. The first-order chi connectivity index (χ1) is 12.0. The van der Waals surface area contributed by atoms with Crippen LogP contribution in [0.25, 0.3) is 17.0 Å². The van der Waals surface area contributed by atoms with E-state index >= 15 is 0 Å². The van der Waals surface area contributed by atoms with Crippen LogP contribution in [0.1, 0.15) is 18.1 Å². The highest BCUT2D eigenvalue weighted by molar-refractivity contribution is 5.97. The minimum atomic E-state index is -0.388. The predicted molar refractivity (Wildman–Crippen MR) is 96.5 cm³/mol. The van der Waals surface area contributed by atoms with Crippen LogP contribution >= 0.6 is 0 Å². The van der Waals surface area contributed by atoms with E-state index in [-0.39, 0.29) is 23.8 Å². The van der Waals surface area contributed by atoms with Crippen molar-refractivity contribution in [3.63, 3.8) is 0 Å².